The van der Waals surface area contributed by atoms with Gasteiger partial charge in [0.2, 0.25) is 0 Å². The summed E-state index contributed by atoms with van der Waals surface area (Å²) in [6, 6.07) is 0. The summed E-state index contributed by atoms with van der Waals surface area (Å²) in [7, 11) is 3.45. The molecule has 0 amide bonds. The zero-order valence-electron chi connectivity index (χ0n) is 8.84. The van der Waals surface area contributed by atoms with Crippen molar-refractivity contribution in [3.63, 3.8) is 0 Å². The van der Waals surface area contributed by atoms with Crippen molar-refractivity contribution in [2.24, 2.45) is 5.41 Å². The van der Waals surface area contributed by atoms with Gasteiger partial charge >= 0.3 is 0 Å². The van der Waals surface area contributed by atoms with Gasteiger partial charge in [-0.15, -0.1) is 0 Å². The third-order valence-electron chi connectivity index (χ3n) is 2.66. The molecule has 13 heavy (non-hydrogen) atoms. The lowest BCUT2D eigenvalue weighted by Crippen LogP contribution is -2.40. The quantitative estimate of drug-likeness (QED) is 0.654. The lowest BCUT2D eigenvalue weighted by molar-refractivity contribution is -0.0720. The maximum Gasteiger partial charge on any atom is 0.0673 e. The maximum absolute atomic E-state index is 5.66. The Morgan fingerprint density at radius 3 is 2.31 bits per heavy atom. The molecular formula is C10H20O3. The second-order valence-corrected chi connectivity index (χ2v) is 4.02. The Labute approximate surface area is 80.4 Å². The van der Waals surface area contributed by atoms with Crippen LogP contribution < -0.4 is 0 Å². The average molecular weight is 188 g/mol. The van der Waals surface area contributed by atoms with Gasteiger partial charge < -0.3 is 14.2 Å². The SMILES string of the molecule is COCC(C)(COC)C1CCCO1. The second-order valence-electron chi connectivity index (χ2n) is 4.02. The fourth-order valence-electron chi connectivity index (χ4n) is 2.01. The van der Waals surface area contributed by atoms with Crippen LogP contribution in [0, 0.1) is 5.41 Å². The fourth-order valence-corrected chi connectivity index (χ4v) is 2.01. The molecule has 0 N–H and O–H groups in total. The molecule has 1 aliphatic rings. The molecule has 0 spiro atoms. The van der Waals surface area contributed by atoms with Gasteiger partial charge in [-0.3, -0.25) is 0 Å². The van der Waals surface area contributed by atoms with E-state index in [0.29, 0.717) is 19.3 Å². The van der Waals surface area contributed by atoms with Gasteiger partial charge in [-0.1, -0.05) is 6.92 Å². The Morgan fingerprint density at radius 1 is 1.31 bits per heavy atom. The molecule has 1 heterocycles. The third-order valence-corrected chi connectivity index (χ3v) is 2.66. The molecule has 0 aromatic heterocycles. The Hall–Kier alpha value is -0.120. The molecule has 0 saturated carbocycles. The van der Waals surface area contributed by atoms with Gasteiger partial charge in [0, 0.05) is 26.2 Å². The first-order valence-electron chi connectivity index (χ1n) is 4.82. The van der Waals surface area contributed by atoms with E-state index in [9.17, 15) is 0 Å². The Bertz CT molecular complexity index is 135. The van der Waals surface area contributed by atoms with Gasteiger partial charge in [0.15, 0.2) is 0 Å². The van der Waals surface area contributed by atoms with E-state index in [-0.39, 0.29) is 5.41 Å². The van der Waals surface area contributed by atoms with Crippen molar-refractivity contribution >= 4 is 0 Å². The largest absolute Gasteiger partial charge is 0.384 e. The Morgan fingerprint density at radius 2 is 1.92 bits per heavy atom. The van der Waals surface area contributed by atoms with E-state index in [1.807, 2.05) is 0 Å². The molecule has 3 nitrogen and oxygen atoms in total. The summed E-state index contributed by atoms with van der Waals surface area (Å²) >= 11 is 0. The van der Waals surface area contributed by atoms with Crippen LogP contribution in [0.15, 0.2) is 0 Å². The van der Waals surface area contributed by atoms with E-state index < -0.39 is 0 Å². The van der Waals surface area contributed by atoms with E-state index in [2.05, 4.69) is 6.92 Å². The van der Waals surface area contributed by atoms with Gasteiger partial charge in [0.25, 0.3) is 0 Å². The Balaban J connectivity index is 2.52. The van der Waals surface area contributed by atoms with Crippen LogP contribution in [0.2, 0.25) is 0 Å². The molecule has 0 aliphatic carbocycles. The standard InChI is InChI=1S/C10H20O3/c1-10(7-11-2,8-12-3)9-5-4-6-13-9/h9H,4-8H2,1-3H3. The van der Waals surface area contributed by atoms with Crippen LogP contribution in [-0.2, 0) is 14.2 Å². The molecule has 1 fully saturated rings. The minimum absolute atomic E-state index is 0.0139. The van der Waals surface area contributed by atoms with Crippen LogP contribution in [-0.4, -0.2) is 40.1 Å². The van der Waals surface area contributed by atoms with Crippen LogP contribution in [0.5, 0.6) is 0 Å². The van der Waals surface area contributed by atoms with Crippen molar-refractivity contribution in [1.29, 1.82) is 0 Å². The minimum Gasteiger partial charge on any atom is -0.384 e. The highest BCUT2D eigenvalue weighted by Crippen LogP contribution is 2.31. The van der Waals surface area contributed by atoms with E-state index in [1.54, 1.807) is 14.2 Å². The molecule has 1 saturated heterocycles. The molecule has 1 atom stereocenters. The van der Waals surface area contributed by atoms with Crippen molar-refractivity contribution < 1.29 is 14.2 Å². The summed E-state index contributed by atoms with van der Waals surface area (Å²) in [6.07, 6.45) is 2.59. The number of methoxy groups -OCH3 is 2. The van der Waals surface area contributed by atoms with Crippen molar-refractivity contribution in [3.8, 4) is 0 Å². The normalized spacial score (nSPS) is 23.8. The zero-order chi connectivity index (χ0) is 9.73. The molecule has 1 aliphatic heterocycles. The van der Waals surface area contributed by atoms with Crippen LogP contribution in [0.4, 0.5) is 0 Å². The minimum atomic E-state index is 0.0139. The first-order valence-corrected chi connectivity index (χ1v) is 4.82. The number of hydrogen-bond acceptors (Lipinski definition) is 3. The number of ether oxygens (including phenoxy) is 3. The summed E-state index contributed by atoms with van der Waals surface area (Å²) in [5.41, 5.74) is 0.0139. The maximum atomic E-state index is 5.66. The van der Waals surface area contributed by atoms with E-state index in [0.717, 1.165) is 19.4 Å². The van der Waals surface area contributed by atoms with Crippen LogP contribution in [0.1, 0.15) is 19.8 Å². The molecule has 0 aromatic rings. The highest BCUT2D eigenvalue weighted by molar-refractivity contribution is 4.85. The molecule has 1 rings (SSSR count). The predicted molar refractivity (Wildman–Crippen MR) is 50.8 cm³/mol. The van der Waals surface area contributed by atoms with Crippen LogP contribution >= 0.6 is 0 Å². The third kappa shape index (κ3) is 2.66. The lowest BCUT2D eigenvalue weighted by Gasteiger charge is -2.33. The first kappa shape index (κ1) is 11.0. The highest BCUT2D eigenvalue weighted by atomic mass is 16.5. The molecular weight excluding hydrogens is 168 g/mol. The van der Waals surface area contributed by atoms with E-state index >= 15 is 0 Å². The Kier molecular flexibility index (Phi) is 4.16. The summed E-state index contributed by atoms with van der Waals surface area (Å²) < 4.78 is 16.1. The number of hydrogen-bond donors (Lipinski definition) is 0. The second kappa shape index (κ2) is 4.94. The molecule has 3 heteroatoms. The highest BCUT2D eigenvalue weighted by Gasteiger charge is 2.37. The molecule has 0 aromatic carbocycles. The molecule has 0 bridgehead atoms. The van der Waals surface area contributed by atoms with Gasteiger partial charge in [0.05, 0.1) is 19.3 Å². The van der Waals surface area contributed by atoms with Crippen LogP contribution in [0.25, 0.3) is 0 Å². The summed E-state index contributed by atoms with van der Waals surface area (Å²) in [6.45, 7) is 4.45. The van der Waals surface area contributed by atoms with Gasteiger partial charge in [-0.05, 0) is 12.8 Å². The van der Waals surface area contributed by atoms with Crippen LogP contribution in [0.3, 0.4) is 0 Å². The molecule has 1 unspecified atom stereocenters. The van der Waals surface area contributed by atoms with E-state index in [1.165, 1.54) is 0 Å². The number of rotatable bonds is 5. The summed E-state index contributed by atoms with van der Waals surface area (Å²) in [5, 5.41) is 0. The fraction of sp³-hybridized carbons (Fsp3) is 1.00. The molecule has 0 radical (unpaired) electrons. The zero-order valence-corrected chi connectivity index (χ0v) is 8.84. The lowest BCUT2D eigenvalue weighted by atomic mass is 9.84. The van der Waals surface area contributed by atoms with Crippen molar-refractivity contribution in [2.75, 3.05) is 34.0 Å². The van der Waals surface area contributed by atoms with Crippen molar-refractivity contribution in [2.45, 2.75) is 25.9 Å². The molecule has 78 valence electrons. The monoisotopic (exact) mass is 188 g/mol. The topological polar surface area (TPSA) is 27.7 Å². The average Bonchev–Trinajstić information content (AvgIpc) is 2.57. The smallest absolute Gasteiger partial charge is 0.0673 e. The van der Waals surface area contributed by atoms with Gasteiger partial charge in [-0.25, -0.2) is 0 Å². The predicted octanol–water partition coefficient (Wildman–Crippen LogP) is 1.46. The first-order chi connectivity index (χ1) is 6.23. The van der Waals surface area contributed by atoms with Gasteiger partial charge in [0.1, 0.15) is 0 Å². The summed E-state index contributed by atoms with van der Waals surface area (Å²) in [4.78, 5) is 0. The van der Waals surface area contributed by atoms with Gasteiger partial charge in [-0.2, -0.15) is 0 Å². The van der Waals surface area contributed by atoms with E-state index in [4.69, 9.17) is 14.2 Å². The van der Waals surface area contributed by atoms with Crippen molar-refractivity contribution in [1.82, 2.24) is 0 Å². The summed E-state index contributed by atoms with van der Waals surface area (Å²) in [5.74, 6) is 0. The van der Waals surface area contributed by atoms with Crippen molar-refractivity contribution in [3.05, 3.63) is 0 Å².